The third-order valence-electron chi connectivity index (χ3n) is 6.98. The first-order chi connectivity index (χ1) is 16.9. The molecule has 3 aromatic carbocycles. The van der Waals surface area contributed by atoms with Crippen molar-refractivity contribution in [2.45, 2.75) is 32.1 Å². The SMILES string of the molecule is Cc1ccccc1[C@H](C/C(=N/O)C1CCC(=O)N(C)C1)c1ccc(-c2ccc(C(=O)O)cc2)cc1. The van der Waals surface area contributed by atoms with Crippen LogP contribution in [-0.4, -0.2) is 46.4 Å². The molecule has 2 N–H and O–H groups in total. The van der Waals surface area contributed by atoms with Crippen LogP contribution in [0, 0.1) is 12.8 Å². The Balaban J connectivity index is 1.64. The summed E-state index contributed by atoms with van der Waals surface area (Å²) in [5.74, 6) is -0.793. The Hall–Kier alpha value is -3.93. The first-order valence-corrected chi connectivity index (χ1v) is 11.8. The second kappa shape index (κ2) is 10.6. The Morgan fingerprint density at radius 1 is 1.03 bits per heavy atom. The van der Waals surface area contributed by atoms with Crippen LogP contribution in [0.25, 0.3) is 11.1 Å². The fourth-order valence-electron chi connectivity index (χ4n) is 4.88. The number of carboxylic acids is 1. The number of nitrogens with zero attached hydrogens (tertiary/aromatic N) is 2. The molecular weight excluding hydrogens is 440 g/mol. The Kier molecular flexibility index (Phi) is 7.30. The van der Waals surface area contributed by atoms with Gasteiger partial charge in [-0.15, -0.1) is 0 Å². The molecule has 1 aliphatic heterocycles. The molecule has 1 aliphatic rings. The van der Waals surface area contributed by atoms with Gasteiger partial charge in [-0.2, -0.15) is 0 Å². The minimum atomic E-state index is -0.942. The summed E-state index contributed by atoms with van der Waals surface area (Å²) >= 11 is 0. The smallest absolute Gasteiger partial charge is 0.335 e. The highest BCUT2D eigenvalue weighted by Crippen LogP contribution is 2.34. The van der Waals surface area contributed by atoms with E-state index in [1.54, 1.807) is 24.1 Å². The molecule has 4 rings (SSSR count). The van der Waals surface area contributed by atoms with Gasteiger partial charge in [0.25, 0.3) is 0 Å². The normalized spacial score (nSPS) is 17.3. The summed E-state index contributed by atoms with van der Waals surface area (Å²) in [6, 6.07) is 23.3. The largest absolute Gasteiger partial charge is 0.478 e. The maximum atomic E-state index is 12.0. The van der Waals surface area contributed by atoms with Crippen LogP contribution in [0.4, 0.5) is 0 Å². The van der Waals surface area contributed by atoms with Crippen LogP contribution in [-0.2, 0) is 4.79 Å². The van der Waals surface area contributed by atoms with Crippen molar-refractivity contribution in [3.63, 3.8) is 0 Å². The highest BCUT2D eigenvalue weighted by molar-refractivity contribution is 5.90. The first kappa shape index (κ1) is 24.2. The standard InChI is InChI=1S/C29H30N2O4/c1-19-5-3-4-6-25(19)26(17-27(30-35)24-15-16-28(32)31(2)18-24)22-11-7-20(8-12-22)21-9-13-23(14-10-21)29(33)34/h3-14,24,26,35H,15-18H2,1-2H3,(H,33,34)/b30-27-/t24?,26-/m1/s1. The zero-order chi connectivity index (χ0) is 24.9. The lowest BCUT2D eigenvalue weighted by Gasteiger charge is -2.31. The number of carbonyl (C=O) groups is 2. The fourth-order valence-corrected chi connectivity index (χ4v) is 4.88. The van der Waals surface area contributed by atoms with E-state index in [1.807, 2.05) is 36.4 Å². The molecule has 0 aliphatic carbocycles. The van der Waals surface area contributed by atoms with E-state index in [0.717, 1.165) is 16.7 Å². The van der Waals surface area contributed by atoms with Crippen molar-refractivity contribution in [3.8, 4) is 11.1 Å². The average Bonchev–Trinajstić information content (AvgIpc) is 2.87. The van der Waals surface area contributed by atoms with Crippen molar-refractivity contribution in [1.82, 2.24) is 4.90 Å². The molecule has 1 fully saturated rings. The molecular formula is C29H30N2O4. The predicted molar refractivity (Wildman–Crippen MR) is 136 cm³/mol. The van der Waals surface area contributed by atoms with Gasteiger partial charge in [0.15, 0.2) is 0 Å². The van der Waals surface area contributed by atoms with Crippen LogP contribution in [0.5, 0.6) is 0 Å². The van der Waals surface area contributed by atoms with E-state index in [2.05, 4.69) is 36.3 Å². The number of amides is 1. The molecule has 0 spiro atoms. The lowest BCUT2D eigenvalue weighted by atomic mass is 9.80. The number of piperidine rings is 1. The minimum Gasteiger partial charge on any atom is -0.478 e. The van der Waals surface area contributed by atoms with Crippen molar-refractivity contribution >= 4 is 17.6 Å². The number of aromatic carboxylic acids is 1. The average molecular weight is 471 g/mol. The molecule has 0 aromatic heterocycles. The van der Waals surface area contributed by atoms with Crippen LogP contribution < -0.4 is 0 Å². The van der Waals surface area contributed by atoms with Crippen LogP contribution in [0.3, 0.4) is 0 Å². The number of carboxylic acid groups (broad SMARTS) is 1. The van der Waals surface area contributed by atoms with Gasteiger partial charge in [0.1, 0.15) is 0 Å². The molecule has 0 radical (unpaired) electrons. The Morgan fingerprint density at radius 3 is 2.23 bits per heavy atom. The summed E-state index contributed by atoms with van der Waals surface area (Å²) in [5, 5.41) is 22.8. The molecule has 1 saturated heterocycles. The monoisotopic (exact) mass is 470 g/mol. The van der Waals surface area contributed by atoms with E-state index in [4.69, 9.17) is 5.11 Å². The predicted octanol–water partition coefficient (Wildman–Crippen LogP) is 5.58. The minimum absolute atomic E-state index is 0.00605. The second-order valence-electron chi connectivity index (χ2n) is 9.22. The van der Waals surface area contributed by atoms with Crippen molar-refractivity contribution in [2.75, 3.05) is 13.6 Å². The van der Waals surface area contributed by atoms with Gasteiger partial charge in [-0.3, -0.25) is 4.79 Å². The Labute approximate surface area is 205 Å². The van der Waals surface area contributed by atoms with E-state index in [9.17, 15) is 14.8 Å². The van der Waals surface area contributed by atoms with Gasteiger partial charge in [-0.1, -0.05) is 65.8 Å². The summed E-state index contributed by atoms with van der Waals surface area (Å²) < 4.78 is 0. The van der Waals surface area contributed by atoms with E-state index in [0.29, 0.717) is 31.5 Å². The van der Waals surface area contributed by atoms with Gasteiger partial charge in [-0.25, -0.2) is 4.79 Å². The molecule has 3 aromatic rings. The zero-order valence-corrected chi connectivity index (χ0v) is 20.0. The van der Waals surface area contributed by atoms with Crippen molar-refractivity contribution in [3.05, 3.63) is 95.1 Å². The number of hydrogen-bond acceptors (Lipinski definition) is 4. The third kappa shape index (κ3) is 5.43. The van der Waals surface area contributed by atoms with Gasteiger partial charge in [0.2, 0.25) is 5.91 Å². The molecule has 1 heterocycles. The number of likely N-dealkylation sites (tertiary alicyclic amines) is 1. The highest BCUT2D eigenvalue weighted by Gasteiger charge is 2.30. The Bertz CT molecular complexity index is 1230. The number of benzene rings is 3. The molecule has 0 saturated carbocycles. The molecule has 2 atom stereocenters. The molecule has 35 heavy (non-hydrogen) atoms. The van der Waals surface area contributed by atoms with Crippen LogP contribution in [0.15, 0.2) is 78.0 Å². The summed E-state index contributed by atoms with van der Waals surface area (Å²) in [7, 11) is 1.80. The number of oxime groups is 1. The highest BCUT2D eigenvalue weighted by atomic mass is 16.4. The molecule has 6 nitrogen and oxygen atoms in total. The number of aryl methyl sites for hydroxylation is 1. The molecule has 1 amide bonds. The number of carbonyl (C=O) groups excluding carboxylic acids is 1. The first-order valence-electron chi connectivity index (χ1n) is 11.8. The van der Waals surface area contributed by atoms with Gasteiger partial charge < -0.3 is 15.2 Å². The van der Waals surface area contributed by atoms with E-state index < -0.39 is 5.97 Å². The summed E-state index contributed by atoms with van der Waals surface area (Å²) in [6.45, 7) is 2.65. The summed E-state index contributed by atoms with van der Waals surface area (Å²) in [5.41, 5.74) is 6.36. The molecule has 180 valence electrons. The van der Waals surface area contributed by atoms with Crippen molar-refractivity contribution in [2.24, 2.45) is 11.1 Å². The zero-order valence-electron chi connectivity index (χ0n) is 20.0. The van der Waals surface area contributed by atoms with Crippen LogP contribution in [0.1, 0.15) is 52.2 Å². The quantitative estimate of drug-likeness (QED) is 0.268. The van der Waals surface area contributed by atoms with E-state index in [-0.39, 0.29) is 23.3 Å². The number of rotatable bonds is 7. The third-order valence-corrected chi connectivity index (χ3v) is 6.98. The van der Waals surface area contributed by atoms with Crippen LogP contribution >= 0.6 is 0 Å². The molecule has 6 heteroatoms. The second-order valence-corrected chi connectivity index (χ2v) is 9.22. The lowest BCUT2D eigenvalue weighted by Crippen LogP contribution is -2.40. The molecule has 1 unspecified atom stereocenters. The maximum absolute atomic E-state index is 12.0. The van der Waals surface area contributed by atoms with Crippen LogP contribution in [0.2, 0.25) is 0 Å². The Morgan fingerprint density at radius 2 is 1.66 bits per heavy atom. The van der Waals surface area contributed by atoms with E-state index in [1.165, 1.54) is 11.1 Å². The van der Waals surface area contributed by atoms with Gasteiger partial charge in [-0.05, 0) is 53.3 Å². The van der Waals surface area contributed by atoms with Gasteiger partial charge >= 0.3 is 5.97 Å². The van der Waals surface area contributed by atoms with Crippen molar-refractivity contribution in [1.29, 1.82) is 0 Å². The van der Waals surface area contributed by atoms with Gasteiger partial charge in [0.05, 0.1) is 11.3 Å². The number of hydrogen-bond donors (Lipinski definition) is 2. The molecule has 0 bridgehead atoms. The lowest BCUT2D eigenvalue weighted by molar-refractivity contribution is -0.132. The van der Waals surface area contributed by atoms with Crippen molar-refractivity contribution < 1.29 is 19.9 Å². The van der Waals surface area contributed by atoms with E-state index >= 15 is 0 Å². The fraction of sp³-hybridized carbons (Fsp3) is 0.276. The maximum Gasteiger partial charge on any atom is 0.335 e. The summed E-state index contributed by atoms with van der Waals surface area (Å²) in [6.07, 6.45) is 1.71. The van der Waals surface area contributed by atoms with Gasteiger partial charge in [0, 0.05) is 38.3 Å². The topological polar surface area (TPSA) is 90.2 Å². The summed E-state index contributed by atoms with van der Waals surface area (Å²) in [4.78, 5) is 24.8.